The molecule has 18 heavy (non-hydrogen) atoms. The van der Waals surface area contributed by atoms with Crippen molar-refractivity contribution in [1.82, 2.24) is 9.97 Å². The van der Waals surface area contributed by atoms with Crippen molar-refractivity contribution in [3.05, 3.63) is 48.3 Å². The first-order chi connectivity index (χ1) is 8.72. The highest BCUT2D eigenvalue weighted by atomic mass is 32.2. The number of nitrogens with zero attached hydrogens (tertiary/aromatic N) is 3. The molecule has 92 valence electrons. The molecule has 0 radical (unpaired) electrons. The van der Waals surface area contributed by atoms with Crippen LogP contribution < -0.4 is 4.90 Å². The van der Waals surface area contributed by atoms with Gasteiger partial charge in [0.1, 0.15) is 0 Å². The SMILES string of the molecule is CSc1ncc(C(=O)N(C)c2ccccc2)cn1. The summed E-state index contributed by atoms with van der Waals surface area (Å²) in [7, 11) is 1.74. The molecule has 0 fully saturated rings. The molecule has 1 aromatic carbocycles. The topological polar surface area (TPSA) is 46.1 Å². The summed E-state index contributed by atoms with van der Waals surface area (Å²) in [5, 5.41) is 0.661. The number of amides is 1. The van der Waals surface area contributed by atoms with Gasteiger partial charge in [0, 0.05) is 25.1 Å². The van der Waals surface area contributed by atoms with Crippen LogP contribution in [0.25, 0.3) is 0 Å². The van der Waals surface area contributed by atoms with Crippen LogP contribution in [-0.2, 0) is 0 Å². The van der Waals surface area contributed by atoms with Gasteiger partial charge >= 0.3 is 0 Å². The highest BCUT2D eigenvalue weighted by molar-refractivity contribution is 7.98. The Bertz CT molecular complexity index is 528. The zero-order chi connectivity index (χ0) is 13.0. The van der Waals surface area contributed by atoms with Crippen molar-refractivity contribution in [3.63, 3.8) is 0 Å². The molecule has 5 heteroatoms. The number of carbonyl (C=O) groups is 1. The van der Waals surface area contributed by atoms with Gasteiger partial charge in [-0.3, -0.25) is 4.79 Å². The number of anilines is 1. The molecule has 0 saturated heterocycles. The largest absolute Gasteiger partial charge is 0.311 e. The number of benzene rings is 1. The van der Waals surface area contributed by atoms with Crippen molar-refractivity contribution in [2.24, 2.45) is 0 Å². The van der Waals surface area contributed by atoms with E-state index in [2.05, 4.69) is 9.97 Å². The van der Waals surface area contributed by atoms with Gasteiger partial charge in [0.05, 0.1) is 5.56 Å². The first-order valence-electron chi connectivity index (χ1n) is 5.41. The van der Waals surface area contributed by atoms with E-state index >= 15 is 0 Å². The Balaban J connectivity index is 2.20. The molecule has 0 spiro atoms. The zero-order valence-electron chi connectivity index (χ0n) is 10.2. The number of hydrogen-bond acceptors (Lipinski definition) is 4. The van der Waals surface area contributed by atoms with Gasteiger partial charge in [-0.05, 0) is 18.4 Å². The monoisotopic (exact) mass is 259 g/mol. The summed E-state index contributed by atoms with van der Waals surface area (Å²) in [6, 6.07) is 9.47. The van der Waals surface area contributed by atoms with Crippen LogP contribution in [0.5, 0.6) is 0 Å². The van der Waals surface area contributed by atoms with Crippen LogP contribution in [0.1, 0.15) is 10.4 Å². The summed E-state index contributed by atoms with van der Waals surface area (Å²) in [5.74, 6) is -0.117. The molecule has 1 aromatic heterocycles. The van der Waals surface area contributed by atoms with Crippen LogP contribution in [0.4, 0.5) is 5.69 Å². The summed E-state index contributed by atoms with van der Waals surface area (Å²) in [5.41, 5.74) is 1.33. The Morgan fingerprint density at radius 3 is 2.33 bits per heavy atom. The van der Waals surface area contributed by atoms with E-state index in [1.165, 1.54) is 11.8 Å². The van der Waals surface area contributed by atoms with Crippen LogP contribution in [0.2, 0.25) is 0 Å². The molecule has 0 aliphatic carbocycles. The normalized spacial score (nSPS) is 10.1. The summed E-state index contributed by atoms with van der Waals surface area (Å²) < 4.78 is 0. The Hall–Kier alpha value is -1.88. The Morgan fingerprint density at radius 1 is 1.17 bits per heavy atom. The van der Waals surface area contributed by atoms with E-state index in [4.69, 9.17) is 0 Å². The molecule has 0 N–H and O–H groups in total. The maximum atomic E-state index is 12.2. The third-order valence-electron chi connectivity index (χ3n) is 2.51. The van der Waals surface area contributed by atoms with E-state index in [1.54, 1.807) is 24.3 Å². The van der Waals surface area contributed by atoms with Crippen molar-refractivity contribution in [3.8, 4) is 0 Å². The number of thioether (sulfide) groups is 1. The maximum Gasteiger partial charge on any atom is 0.261 e. The fraction of sp³-hybridized carbons (Fsp3) is 0.154. The van der Waals surface area contributed by atoms with Crippen molar-refractivity contribution < 1.29 is 4.79 Å². The first-order valence-corrected chi connectivity index (χ1v) is 6.64. The van der Waals surface area contributed by atoms with E-state index in [1.807, 2.05) is 36.6 Å². The third-order valence-corrected chi connectivity index (χ3v) is 3.08. The smallest absolute Gasteiger partial charge is 0.261 e. The molecule has 0 bridgehead atoms. The Labute approximate surface area is 110 Å². The second kappa shape index (κ2) is 5.64. The third kappa shape index (κ3) is 2.68. The van der Waals surface area contributed by atoms with E-state index < -0.39 is 0 Å². The Kier molecular flexibility index (Phi) is 3.94. The minimum atomic E-state index is -0.117. The summed E-state index contributed by atoms with van der Waals surface area (Å²) in [6.07, 6.45) is 5.01. The van der Waals surface area contributed by atoms with Crippen LogP contribution in [-0.4, -0.2) is 29.2 Å². The van der Waals surface area contributed by atoms with Gasteiger partial charge in [0.15, 0.2) is 5.16 Å². The van der Waals surface area contributed by atoms with Gasteiger partial charge in [-0.15, -0.1) is 0 Å². The van der Waals surface area contributed by atoms with Crippen LogP contribution in [0.3, 0.4) is 0 Å². The quantitative estimate of drug-likeness (QED) is 0.627. The van der Waals surface area contributed by atoms with Crippen LogP contribution in [0, 0.1) is 0 Å². The lowest BCUT2D eigenvalue weighted by Crippen LogP contribution is -2.26. The summed E-state index contributed by atoms with van der Waals surface area (Å²) in [6.45, 7) is 0. The van der Waals surface area contributed by atoms with Crippen molar-refractivity contribution >= 4 is 23.4 Å². The molecule has 4 nitrogen and oxygen atoms in total. The van der Waals surface area contributed by atoms with E-state index in [9.17, 15) is 4.79 Å². The Morgan fingerprint density at radius 2 is 1.78 bits per heavy atom. The lowest BCUT2D eigenvalue weighted by Gasteiger charge is -2.16. The summed E-state index contributed by atoms with van der Waals surface area (Å²) in [4.78, 5) is 22.0. The molecule has 0 aliphatic heterocycles. The van der Waals surface area contributed by atoms with E-state index in [0.29, 0.717) is 10.7 Å². The van der Waals surface area contributed by atoms with Crippen molar-refractivity contribution in [1.29, 1.82) is 0 Å². The maximum absolute atomic E-state index is 12.2. The van der Waals surface area contributed by atoms with Gasteiger partial charge in [0.25, 0.3) is 5.91 Å². The van der Waals surface area contributed by atoms with Crippen molar-refractivity contribution in [2.45, 2.75) is 5.16 Å². The predicted octanol–water partition coefficient (Wildman–Crippen LogP) is 2.48. The average Bonchev–Trinajstić information content (AvgIpc) is 2.47. The van der Waals surface area contributed by atoms with Gasteiger partial charge in [-0.25, -0.2) is 9.97 Å². The second-order valence-corrected chi connectivity index (χ2v) is 4.43. The lowest BCUT2D eigenvalue weighted by molar-refractivity contribution is 0.0992. The minimum absolute atomic E-state index is 0.117. The number of hydrogen-bond donors (Lipinski definition) is 0. The van der Waals surface area contributed by atoms with E-state index in [0.717, 1.165) is 5.69 Å². The fourth-order valence-electron chi connectivity index (χ4n) is 1.49. The molecule has 2 rings (SSSR count). The summed E-state index contributed by atoms with van der Waals surface area (Å²) >= 11 is 1.45. The highest BCUT2D eigenvalue weighted by Gasteiger charge is 2.13. The second-order valence-electron chi connectivity index (χ2n) is 3.66. The van der Waals surface area contributed by atoms with Crippen molar-refractivity contribution in [2.75, 3.05) is 18.2 Å². The van der Waals surface area contributed by atoms with Crippen LogP contribution >= 0.6 is 11.8 Å². The average molecular weight is 259 g/mol. The zero-order valence-corrected chi connectivity index (χ0v) is 11.0. The molecular formula is C13H13N3OS. The van der Waals surface area contributed by atoms with Gasteiger partial charge in [-0.2, -0.15) is 0 Å². The molecule has 1 heterocycles. The number of para-hydroxylation sites is 1. The van der Waals surface area contributed by atoms with Gasteiger partial charge in [-0.1, -0.05) is 30.0 Å². The predicted molar refractivity (Wildman–Crippen MR) is 73.0 cm³/mol. The minimum Gasteiger partial charge on any atom is -0.311 e. The lowest BCUT2D eigenvalue weighted by atomic mass is 10.2. The number of aromatic nitrogens is 2. The first kappa shape index (κ1) is 12.6. The highest BCUT2D eigenvalue weighted by Crippen LogP contribution is 2.15. The van der Waals surface area contributed by atoms with Crippen LogP contribution in [0.15, 0.2) is 47.9 Å². The molecule has 0 unspecified atom stereocenters. The molecular weight excluding hydrogens is 246 g/mol. The molecule has 2 aromatic rings. The molecule has 0 saturated carbocycles. The molecule has 0 atom stereocenters. The number of carbonyl (C=O) groups excluding carboxylic acids is 1. The fourth-order valence-corrected chi connectivity index (χ4v) is 1.81. The number of rotatable bonds is 3. The molecule has 0 aliphatic rings. The van der Waals surface area contributed by atoms with Gasteiger partial charge < -0.3 is 4.90 Å². The van der Waals surface area contributed by atoms with E-state index in [-0.39, 0.29) is 5.91 Å². The van der Waals surface area contributed by atoms with Gasteiger partial charge in [0.2, 0.25) is 0 Å². The standard InChI is InChI=1S/C13H13N3OS/c1-16(11-6-4-3-5-7-11)12(17)10-8-14-13(18-2)15-9-10/h3-9H,1-2H3. The molecule has 1 amide bonds.